The minimum Gasteiger partial charge on any atom is -0.481 e. The smallest absolute Gasteiger partial charge is 0.325 e. The Kier molecular flexibility index (Phi) is 4.95. The van der Waals surface area contributed by atoms with Crippen LogP contribution in [0.2, 0.25) is 0 Å². The van der Waals surface area contributed by atoms with Gasteiger partial charge in [-0.05, 0) is 5.56 Å². The molecule has 0 spiro atoms. The molecule has 1 rings (SSSR count). The van der Waals surface area contributed by atoms with E-state index >= 15 is 0 Å². The molecule has 0 aromatic heterocycles. The van der Waals surface area contributed by atoms with Crippen LogP contribution in [0, 0.1) is 10.1 Å². The summed E-state index contributed by atoms with van der Waals surface area (Å²) in [6.07, 6.45) is -0.237. The average molecular weight is 268 g/mol. The Morgan fingerprint density at radius 1 is 1.37 bits per heavy atom. The molecule has 0 amide bonds. The van der Waals surface area contributed by atoms with Gasteiger partial charge in [0.25, 0.3) is 5.69 Å². The number of carbonyl (C=O) groups is 2. The number of nitro benzene ring substituents is 1. The van der Waals surface area contributed by atoms with Crippen LogP contribution in [0.4, 0.5) is 5.69 Å². The molecule has 3 N–H and O–H groups in total. The molecule has 102 valence electrons. The van der Waals surface area contributed by atoms with E-state index in [4.69, 9.17) is 10.2 Å². The molecule has 0 saturated carbocycles. The van der Waals surface area contributed by atoms with E-state index in [1.807, 2.05) is 0 Å². The molecule has 0 bridgehead atoms. The molecule has 0 aliphatic rings. The van der Waals surface area contributed by atoms with Gasteiger partial charge in [0, 0.05) is 18.7 Å². The molecule has 19 heavy (non-hydrogen) atoms. The molecule has 0 fully saturated rings. The Hall–Kier alpha value is -2.48. The molecule has 1 unspecified atom stereocenters. The van der Waals surface area contributed by atoms with Crippen molar-refractivity contribution in [2.45, 2.75) is 12.5 Å². The monoisotopic (exact) mass is 268 g/mol. The van der Waals surface area contributed by atoms with Crippen LogP contribution in [0.25, 0.3) is 0 Å². The number of carboxylic acids is 2. The van der Waals surface area contributed by atoms with Crippen LogP contribution in [0.1, 0.15) is 18.0 Å². The lowest BCUT2D eigenvalue weighted by molar-refractivity contribution is -0.384. The maximum atomic E-state index is 11.1. The third-order valence-corrected chi connectivity index (χ3v) is 2.35. The molecule has 0 heterocycles. The van der Waals surface area contributed by atoms with Crippen LogP contribution in [0.3, 0.4) is 0 Å². The Labute approximate surface area is 107 Å². The van der Waals surface area contributed by atoms with Crippen LogP contribution in [0.5, 0.6) is 0 Å². The van der Waals surface area contributed by atoms with Gasteiger partial charge in [-0.3, -0.25) is 19.7 Å². The van der Waals surface area contributed by atoms with E-state index in [2.05, 4.69) is 5.32 Å². The van der Waals surface area contributed by atoms with Crippen LogP contribution in [0.15, 0.2) is 24.3 Å². The van der Waals surface area contributed by atoms with E-state index in [1.54, 1.807) is 0 Å². The molecular formula is C11H12N2O6. The highest BCUT2D eigenvalue weighted by Gasteiger charge is 2.21. The van der Waals surface area contributed by atoms with Crippen molar-refractivity contribution in [1.82, 2.24) is 5.32 Å². The second-order valence-corrected chi connectivity index (χ2v) is 3.72. The quantitative estimate of drug-likeness (QED) is 0.492. The van der Waals surface area contributed by atoms with Crippen molar-refractivity contribution in [2.24, 2.45) is 0 Å². The number of rotatable bonds is 7. The second kappa shape index (κ2) is 6.45. The van der Waals surface area contributed by atoms with E-state index in [0.717, 1.165) is 6.07 Å². The Bertz CT molecular complexity index is 502. The largest absolute Gasteiger partial charge is 0.481 e. The molecule has 8 nitrogen and oxygen atoms in total. The SMILES string of the molecule is O=C(O)CCNC(C(=O)O)c1cccc([N+](=O)[O-])c1. The number of carboxylic acid groups (broad SMARTS) is 2. The number of non-ortho nitro benzene ring substituents is 1. The van der Waals surface area contributed by atoms with Gasteiger partial charge in [-0.1, -0.05) is 12.1 Å². The first-order chi connectivity index (χ1) is 8.91. The maximum absolute atomic E-state index is 11.1. The third kappa shape index (κ3) is 4.36. The van der Waals surface area contributed by atoms with Gasteiger partial charge < -0.3 is 15.5 Å². The summed E-state index contributed by atoms with van der Waals surface area (Å²) in [6, 6.07) is 4.02. The minimum absolute atomic E-state index is 0.0466. The molecule has 1 atom stereocenters. The first kappa shape index (κ1) is 14.6. The van der Waals surface area contributed by atoms with Crippen molar-refractivity contribution in [1.29, 1.82) is 0 Å². The van der Waals surface area contributed by atoms with Gasteiger partial charge in [0.05, 0.1) is 11.3 Å². The number of hydrogen-bond donors (Lipinski definition) is 3. The Morgan fingerprint density at radius 2 is 2.05 bits per heavy atom. The van der Waals surface area contributed by atoms with Crippen molar-refractivity contribution in [3.05, 3.63) is 39.9 Å². The fraction of sp³-hybridized carbons (Fsp3) is 0.273. The topological polar surface area (TPSA) is 130 Å². The van der Waals surface area contributed by atoms with E-state index in [1.165, 1.54) is 18.2 Å². The normalized spacial score (nSPS) is 11.8. The predicted molar refractivity (Wildman–Crippen MR) is 63.7 cm³/mol. The highest BCUT2D eigenvalue weighted by atomic mass is 16.6. The molecule has 8 heteroatoms. The van der Waals surface area contributed by atoms with E-state index in [0.29, 0.717) is 0 Å². The number of aliphatic carboxylic acids is 2. The average Bonchev–Trinajstić information content (AvgIpc) is 2.34. The van der Waals surface area contributed by atoms with E-state index in [9.17, 15) is 19.7 Å². The summed E-state index contributed by atoms with van der Waals surface area (Å²) in [5, 5.41) is 30.7. The predicted octanol–water partition coefficient (Wildman–Crippen LogP) is 0.785. The molecule has 1 aromatic rings. The number of hydrogen-bond acceptors (Lipinski definition) is 5. The zero-order chi connectivity index (χ0) is 14.4. The van der Waals surface area contributed by atoms with Crippen molar-refractivity contribution >= 4 is 17.6 Å². The standard InChI is InChI=1S/C11H12N2O6/c14-9(15)4-5-12-10(11(16)17)7-2-1-3-8(6-7)13(18)19/h1-3,6,10,12H,4-5H2,(H,14,15)(H,16,17). The fourth-order valence-electron chi connectivity index (χ4n) is 1.49. The highest BCUT2D eigenvalue weighted by Crippen LogP contribution is 2.19. The minimum atomic E-state index is -1.23. The van der Waals surface area contributed by atoms with Crippen LogP contribution in [-0.2, 0) is 9.59 Å². The summed E-state index contributed by atoms with van der Waals surface area (Å²) in [4.78, 5) is 31.4. The number of nitrogens with zero attached hydrogens (tertiary/aromatic N) is 1. The van der Waals surface area contributed by atoms with Crippen molar-refractivity contribution in [3.8, 4) is 0 Å². The van der Waals surface area contributed by atoms with Crippen molar-refractivity contribution in [2.75, 3.05) is 6.54 Å². The van der Waals surface area contributed by atoms with Gasteiger partial charge in [0.2, 0.25) is 0 Å². The summed E-state index contributed by atoms with van der Waals surface area (Å²) in [5.74, 6) is -2.29. The number of nitro groups is 1. The second-order valence-electron chi connectivity index (χ2n) is 3.72. The van der Waals surface area contributed by atoms with Gasteiger partial charge in [0.15, 0.2) is 0 Å². The summed E-state index contributed by atoms with van der Waals surface area (Å²) < 4.78 is 0. The molecule has 0 radical (unpaired) electrons. The van der Waals surface area contributed by atoms with Crippen LogP contribution >= 0.6 is 0 Å². The zero-order valence-electron chi connectivity index (χ0n) is 9.78. The summed E-state index contributed by atoms with van der Waals surface area (Å²) >= 11 is 0. The summed E-state index contributed by atoms with van der Waals surface area (Å²) in [5.41, 5.74) is -0.0177. The number of benzene rings is 1. The fourth-order valence-corrected chi connectivity index (χ4v) is 1.49. The lowest BCUT2D eigenvalue weighted by Gasteiger charge is -2.13. The highest BCUT2D eigenvalue weighted by molar-refractivity contribution is 5.76. The van der Waals surface area contributed by atoms with Crippen molar-refractivity contribution in [3.63, 3.8) is 0 Å². The number of nitrogens with one attached hydrogen (secondary N) is 1. The third-order valence-electron chi connectivity index (χ3n) is 2.35. The van der Waals surface area contributed by atoms with Gasteiger partial charge in [-0.15, -0.1) is 0 Å². The Morgan fingerprint density at radius 3 is 2.58 bits per heavy atom. The van der Waals surface area contributed by atoms with Gasteiger partial charge >= 0.3 is 11.9 Å². The first-order valence-electron chi connectivity index (χ1n) is 5.34. The lowest BCUT2D eigenvalue weighted by Crippen LogP contribution is -2.30. The lowest BCUT2D eigenvalue weighted by atomic mass is 10.1. The van der Waals surface area contributed by atoms with Crippen molar-refractivity contribution < 1.29 is 24.7 Å². The maximum Gasteiger partial charge on any atom is 0.325 e. The molecule has 0 aliphatic carbocycles. The van der Waals surface area contributed by atoms with Gasteiger partial charge in [-0.2, -0.15) is 0 Å². The molecule has 1 aromatic carbocycles. The van der Waals surface area contributed by atoms with Crippen LogP contribution in [-0.4, -0.2) is 33.6 Å². The summed E-state index contributed by atoms with van der Waals surface area (Å²) in [7, 11) is 0. The van der Waals surface area contributed by atoms with Gasteiger partial charge in [0.1, 0.15) is 6.04 Å². The summed E-state index contributed by atoms with van der Waals surface area (Å²) in [6.45, 7) is -0.0466. The van der Waals surface area contributed by atoms with Gasteiger partial charge in [-0.25, -0.2) is 0 Å². The first-order valence-corrected chi connectivity index (χ1v) is 5.34. The van der Waals surface area contributed by atoms with Crippen LogP contribution < -0.4 is 5.32 Å². The zero-order valence-corrected chi connectivity index (χ0v) is 9.78. The van der Waals surface area contributed by atoms with E-state index < -0.39 is 22.9 Å². The molecular weight excluding hydrogens is 256 g/mol. The molecule has 0 aliphatic heterocycles. The molecule has 0 saturated heterocycles. The Balaban J connectivity index is 2.86. The van der Waals surface area contributed by atoms with E-state index in [-0.39, 0.29) is 24.2 Å².